The summed E-state index contributed by atoms with van der Waals surface area (Å²) in [5, 5.41) is 11.9. The molecule has 0 fully saturated rings. The molecule has 9 nitrogen and oxygen atoms in total. The quantitative estimate of drug-likeness (QED) is 0.361. The van der Waals surface area contributed by atoms with Gasteiger partial charge in [-0.15, -0.1) is 0 Å². The third-order valence-corrected chi connectivity index (χ3v) is 4.14. The molecule has 0 spiro atoms. The number of carbonyl (C=O) groups excluding carboxylic acids is 1. The molecule has 0 radical (unpaired) electrons. The van der Waals surface area contributed by atoms with E-state index in [1.165, 1.54) is 0 Å². The molecule has 31 heavy (non-hydrogen) atoms. The molecule has 1 amide bonds. The van der Waals surface area contributed by atoms with E-state index in [0.717, 1.165) is 0 Å². The van der Waals surface area contributed by atoms with E-state index in [0.29, 0.717) is 33.9 Å². The number of nitrogens with one attached hydrogen (secondary N) is 4. The molecule has 3 aromatic heterocycles. The number of alkyl halides is 3. The van der Waals surface area contributed by atoms with E-state index in [-0.39, 0.29) is 17.7 Å². The maximum absolute atomic E-state index is 12.6. The number of nitrogens with zero attached hydrogens (tertiary/aromatic N) is 3. The number of hydrogen-bond donors (Lipinski definition) is 4. The van der Waals surface area contributed by atoms with Crippen LogP contribution >= 0.6 is 0 Å². The molecule has 3 heterocycles. The topological polar surface area (TPSA) is 121 Å². The molecular formula is C19H16F3N7O2. The largest absolute Gasteiger partial charge is 0.405 e. The molecule has 0 aliphatic heterocycles. The van der Waals surface area contributed by atoms with Gasteiger partial charge in [-0.3, -0.25) is 4.79 Å². The number of halogens is 3. The number of aromatic amines is 1. The monoisotopic (exact) mass is 431 g/mol. The lowest BCUT2D eigenvalue weighted by atomic mass is 10.2. The van der Waals surface area contributed by atoms with E-state index in [9.17, 15) is 18.0 Å². The Balaban J connectivity index is 1.49. The molecule has 0 aliphatic carbocycles. The Morgan fingerprint density at radius 2 is 1.94 bits per heavy atom. The standard InChI is InChI=1S/C19H16F3N7O2/c1-10-8-14(29-31-10)26-17(30)11-2-4-12(5-3-11)25-18-27-15-13(6-7-23-15)16(28-18)24-9-19(20,21)22/h2-8H,9H2,1H3,(H,26,29,30)(H3,23,24,25,27,28). The van der Waals surface area contributed by atoms with Gasteiger partial charge in [0.1, 0.15) is 23.8 Å². The van der Waals surface area contributed by atoms with Gasteiger partial charge >= 0.3 is 6.18 Å². The Labute approximate surface area is 173 Å². The van der Waals surface area contributed by atoms with Crippen LogP contribution in [0.15, 0.2) is 47.1 Å². The Morgan fingerprint density at radius 3 is 2.61 bits per heavy atom. The number of H-pyrrole nitrogens is 1. The van der Waals surface area contributed by atoms with Gasteiger partial charge in [-0.2, -0.15) is 23.1 Å². The molecule has 0 atom stereocenters. The Morgan fingerprint density at radius 1 is 1.16 bits per heavy atom. The van der Waals surface area contributed by atoms with Crippen molar-refractivity contribution < 1.29 is 22.5 Å². The number of amides is 1. The van der Waals surface area contributed by atoms with Crippen LogP contribution in [0.25, 0.3) is 11.0 Å². The van der Waals surface area contributed by atoms with E-state index in [1.807, 2.05) is 0 Å². The average Bonchev–Trinajstić information content (AvgIpc) is 3.35. The average molecular weight is 431 g/mol. The Kier molecular flexibility index (Phi) is 5.19. The maximum Gasteiger partial charge on any atom is 0.405 e. The number of carbonyl (C=O) groups is 1. The van der Waals surface area contributed by atoms with E-state index in [2.05, 4.69) is 36.1 Å². The van der Waals surface area contributed by atoms with Gasteiger partial charge in [-0.1, -0.05) is 5.16 Å². The number of anilines is 4. The summed E-state index contributed by atoms with van der Waals surface area (Å²) in [5.74, 6) is 0.636. The van der Waals surface area contributed by atoms with Gasteiger partial charge in [0.05, 0.1) is 5.39 Å². The van der Waals surface area contributed by atoms with Crippen molar-refractivity contribution in [2.45, 2.75) is 13.1 Å². The molecule has 4 rings (SSSR count). The van der Waals surface area contributed by atoms with Crippen molar-refractivity contribution in [3.63, 3.8) is 0 Å². The first-order valence-electron chi connectivity index (χ1n) is 9.04. The first-order valence-corrected chi connectivity index (χ1v) is 9.04. The Hall–Kier alpha value is -4.09. The summed E-state index contributed by atoms with van der Waals surface area (Å²) in [6.45, 7) is 0.485. The third-order valence-electron chi connectivity index (χ3n) is 4.14. The van der Waals surface area contributed by atoms with Gasteiger partial charge in [0.15, 0.2) is 5.82 Å². The predicted molar refractivity (Wildman–Crippen MR) is 107 cm³/mol. The highest BCUT2D eigenvalue weighted by atomic mass is 19.4. The van der Waals surface area contributed by atoms with E-state index in [4.69, 9.17) is 4.52 Å². The lowest BCUT2D eigenvalue weighted by Gasteiger charge is -2.12. The van der Waals surface area contributed by atoms with Crippen molar-refractivity contribution in [3.05, 3.63) is 53.9 Å². The minimum absolute atomic E-state index is 0.0463. The summed E-state index contributed by atoms with van der Waals surface area (Å²) >= 11 is 0. The molecule has 1 aromatic carbocycles. The lowest BCUT2D eigenvalue weighted by molar-refractivity contribution is -0.115. The molecule has 160 valence electrons. The van der Waals surface area contributed by atoms with Crippen molar-refractivity contribution in [3.8, 4) is 0 Å². The highest BCUT2D eigenvalue weighted by Crippen LogP contribution is 2.25. The number of hydrogen-bond acceptors (Lipinski definition) is 7. The van der Waals surface area contributed by atoms with Crippen LogP contribution in [-0.4, -0.2) is 38.7 Å². The number of fused-ring (bicyclic) bond motifs is 1. The first-order chi connectivity index (χ1) is 14.8. The number of benzene rings is 1. The predicted octanol–water partition coefficient (Wildman–Crippen LogP) is 4.22. The van der Waals surface area contributed by atoms with Crippen LogP contribution in [0, 0.1) is 6.92 Å². The lowest BCUT2D eigenvalue weighted by Crippen LogP contribution is -2.22. The molecular weight excluding hydrogens is 415 g/mol. The molecule has 0 unspecified atom stereocenters. The molecule has 4 aromatic rings. The summed E-state index contributed by atoms with van der Waals surface area (Å²) in [7, 11) is 0. The van der Waals surface area contributed by atoms with E-state index >= 15 is 0 Å². The van der Waals surface area contributed by atoms with Crippen LogP contribution in [-0.2, 0) is 0 Å². The summed E-state index contributed by atoms with van der Waals surface area (Å²) in [6.07, 6.45) is -2.83. The number of rotatable bonds is 6. The van der Waals surface area contributed by atoms with Crippen molar-refractivity contribution >= 4 is 40.2 Å². The van der Waals surface area contributed by atoms with E-state index < -0.39 is 12.7 Å². The van der Waals surface area contributed by atoms with Crippen LogP contribution < -0.4 is 16.0 Å². The smallest absolute Gasteiger partial charge is 0.360 e. The third kappa shape index (κ3) is 4.91. The van der Waals surface area contributed by atoms with Crippen LogP contribution in [0.4, 0.5) is 36.4 Å². The zero-order valence-corrected chi connectivity index (χ0v) is 16.0. The fraction of sp³-hybridized carbons (Fsp3) is 0.158. The highest BCUT2D eigenvalue weighted by molar-refractivity contribution is 6.04. The summed E-state index contributed by atoms with van der Waals surface area (Å²) < 4.78 is 42.7. The Bertz CT molecular complexity index is 1220. The van der Waals surface area contributed by atoms with Gasteiger partial charge < -0.3 is 25.5 Å². The van der Waals surface area contributed by atoms with Gasteiger partial charge in [-0.05, 0) is 37.3 Å². The van der Waals surface area contributed by atoms with Crippen LogP contribution in [0.3, 0.4) is 0 Å². The van der Waals surface area contributed by atoms with Crippen molar-refractivity contribution in [1.29, 1.82) is 0 Å². The summed E-state index contributed by atoms with van der Waals surface area (Å²) in [5.41, 5.74) is 1.29. The zero-order chi connectivity index (χ0) is 22.0. The number of aryl methyl sites for hydroxylation is 1. The van der Waals surface area contributed by atoms with Gasteiger partial charge in [0.2, 0.25) is 5.95 Å². The summed E-state index contributed by atoms with van der Waals surface area (Å²) in [6, 6.07) is 9.55. The molecule has 0 bridgehead atoms. The fourth-order valence-electron chi connectivity index (χ4n) is 2.76. The molecule has 12 heteroatoms. The SMILES string of the molecule is Cc1cc(NC(=O)c2ccc(Nc3nc(NCC(F)(F)F)c4cc[nH]c4n3)cc2)no1. The van der Waals surface area contributed by atoms with Crippen LogP contribution in [0.5, 0.6) is 0 Å². The normalized spacial score (nSPS) is 11.5. The minimum Gasteiger partial charge on any atom is -0.360 e. The van der Waals surface area contributed by atoms with Crippen molar-refractivity contribution in [1.82, 2.24) is 20.1 Å². The fourth-order valence-corrected chi connectivity index (χ4v) is 2.76. The number of aromatic nitrogens is 4. The van der Waals surface area contributed by atoms with Gasteiger partial charge in [0.25, 0.3) is 5.91 Å². The van der Waals surface area contributed by atoms with Crippen molar-refractivity contribution in [2.24, 2.45) is 0 Å². The first kappa shape index (κ1) is 20.2. The van der Waals surface area contributed by atoms with E-state index in [1.54, 1.807) is 49.5 Å². The maximum atomic E-state index is 12.6. The second kappa shape index (κ2) is 7.97. The highest BCUT2D eigenvalue weighted by Gasteiger charge is 2.27. The van der Waals surface area contributed by atoms with Crippen LogP contribution in [0.2, 0.25) is 0 Å². The summed E-state index contributed by atoms with van der Waals surface area (Å²) in [4.78, 5) is 23.5. The second-order valence-electron chi connectivity index (χ2n) is 6.58. The van der Waals surface area contributed by atoms with Gasteiger partial charge in [-0.25, -0.2) is 0 Å². The van der Waals surface area contributed by atoms with Crippen molar-refractivity contribution in [2.75, 3.05) is 22.5 Å². The molecule has 0 saturated carbocycles. The van der Waals surface area contributed by atoms with Crippen LogP contribution in [0.1, 0.15) is 16.1 Å². The second-order valence-corrected chi connectivity index (χ2v) is 6.58. The minimum atomic E-state index is -4.39. The zero-order valence-electron chi connectivity index (χ0n) is 16.0. The molecule has 0 aliphatic rings. The molecule has 4 N–H and O–H groups in total. The molecule has 0 saturated heterocycles. The van der Waals surface area contributed by atoms with Gasteiger partial charge in [0, 0.05) is 23.5 Å².